The standard InChI is InChI=1S/C7H5F3O.C4H5NS/c8-7(9,10)5-1-3-6(11)4-2-5;5-4-2-1-3-6-4/h1-4,11H;1-3H,5H2. The summed E-state index contributed by atoms with van der Waals surface area (Å²) in [6.45, 7) is 0. The molecule has 1 aromatic heterocycles. The highest BCUT2D eigenvalue weighted by molar-refractivity contribution is 7.13. The van der Waals surface area contributed by atoms with Gasteiger partial charge in [0.2, 0.25) is 0 Å². The highest BCUT2D eigenvalue weighted by Crippen LogP contribution is 2.29. The zero-order valence-corrected chi connectivity index (χ0v) is 9.42. The summed E-state index contributed by atoms with van der Waals surface area (Å²) < 4.78 is 35.5. The highest BCUT2D eigenvalue weighted by atomic mass is 32.1. The van der Waals surface area contributed by atoms with Gasteiger partial charge in [0, 0.05) is 0 Å². The monoisotopic (exact) mass is 261 g/mol. The van der Waals surface area contributed by atoms with Crippen LogP contribution in [0.3, 0.4) is 0 Å². The molecule has 0 saturated carbocycles. The first kappa shape index (κ1) is 13.4. The lowest BCUT2D eigenvalue weighted by Crippen LogP contribution is -2.03. The van der Waals surface area contributed by atoms with Crippen LogP contribution >= 0.6 is 11.3 Å². The van der Waals surface area contributed by atoms with E-state index < -0.39 is 11.7 Å². The van der Waals surface area contributed by atoms with E-state index in [0.717, 1.165) is 29.3 Å². The molecule has 0 aliphatic rings. The number of hydrogen-bond acceptors (Lipinski definition) is 3. The minimum Gasteiger partial charge on any atom is -0.508 e. The Kier molecular flexibility index (Phi) is 4.39. The van der Waals surface area contributed by atoms with Gasteiger partial charge in [-0.15, -0.1) is 11.3 Å². The molecular formula is C11H10F3NOS. The fraction of sp³-hybridized carbons (Fsp3) is 0.0909. The first-order valence-electron chi connectivity index (χ1n) is 4.55. The number of thiophene rings is 1. The van der Waals surface area contributed by atoms with Crippen molar-refractivity contribution in [1.82, 2.24) is 0 Å². The predicted molar refractivity (Wildman–Crippen MR) is 61.8 cm³/mol. The number of nitrogen functional groups attached to an aromatic ring is 1. The molecule has 2 aromatic rings. The van der Waals surface area contributed by atoms with Crippen LogP contribution in [0.5, 0.6) is 5.75 Å². The molecule has 1 heterocycles. The van der Waals surface area contributed by atoms with Crippen LogP contribution in [0.2, 0.25) is 0 Å². The molecule has 92 valence electrons. The number of phenolic OH excluding ortho intramolecular Hbond substituents is 1. The van der Waals surface area contributed by atoms with Gasteiger partial charge in [-0.1, -0.05) is 0 Å². The van der Waals surface area contributed by atoms with E-state index in [1.165, 1.54) is 0 Å². The molecule has 0 saturated heterocycles. The molecule has 1 aromatic carbocycles. The van der Waals surface area contributed by atoms with E-state index in [2.05, 4.69) is 0 Å². The van der Waals surface area contributed by atoms with Crippen molar-refractivity contribution in [3.8, 4) is 5.75 Å². The minimum absolute atomic E-state index is 0.169. The van der Waals surface area contributed by atoms with Gasteiger partial charge < -0.3 is 10.8 Å². The van der Waals surface area contributed by atoms with Crippen LogP contribution in [0.15, 0.2) is 41.8 Å². The molecule has 0 aliphatic heterocycles. The quantitative estimate of drug-likeness (QED) is 0.758. The molecule has 0 radical (unpaired) electrons. The van der Waals surface area contributed by atoms with Gasteiger partial charge in [0.05, 0.1) is 10.6 Å². The second-order valence-corrected chi connectivity index (χ2v) is 4.04. The van der Waals surface area contributed by atoms with Gasteiger partial charge in [0.15, 0.2) is 0 Å². The van der Waals surface area contributed by atoms with Crippen molar-refractivity contribution in [2.24, 2.45) is 0 Å². The molecule has 0 fully saturated rings. The van der Waals surface area contributed by atoms with Crippen molar-refractivity contribution in [3.05, 3.63) is 47.3 Å². The van der Waals surface area contributed by atoms with Crippen molar-refractivity contribution in [1.29, 1.82) is 0 Å². The number of aromatic hydroxyl groups is 1. The van der Waals surface area contributed by atoms with E-state index in [-0.39, 0.29) is 5.75 Å². The van der Waals surface area contributed by atoms with Crippen LogP contribution in [0.25, 0.3) is 0 Å². The van der Waals surface area contributed by atoms with Crippen LogP contribution < -0.4 is 5.73 Å². The zero-order chi connectivity index (χ0) is 12.9. The highest BCUT2D eigenvalue weighted by Gasteiger charge is 2.29. The van der Waals surface area contributed by atoms with Crippen LogP contribution in [0.1, 0.15) is 5.56 Å². The van der Waals surface area contributed by atoms with E-state index in [1.807, 2.05) is 17.5 Å². The number of phenols is 1. The molecule has 2 nitrogen and oxygen atoms in total. The fourth-order valence-corrected chi connectivity index (χ4v) is 1.41. The van der Waals surface area contributed by atoms with Crippen LogP contribution in [0, 0.1) is 0 Å². The molecule has 17 heavy (non-hydrogen) atoms. The molecule has 0 unspecified atom stereocenters. The van der Waals surface area contributed by atoms with Crippen LogP contribution in [-0.2, 0) is 6.18 Å². The maximum atomic E-state index is 11.8. The summed E-state index contributed by atoms with van der Waals surface area (Å²) in [5.41, 5.74) is 4.54. The van der Waals surface area contributed by atoms with Crippen molar-refractivity contribution in [3.63, 3.8) is 0 Å². The van der Waals surface area contributed by atoms with Crippen LogP contribution in [0.4, 0.5) is 18.2 Å². The Hall–Kier alpha value is -1.69. The lowest BCUT2D eigenvalue weighted by Gasteiger charge is -2.04. The number of rotatable bonds is 0. The normalized spacial score (nSPS) is 10.5. The smallest absolute Gasteiger partial charge is 0.416 e. The van der Waals surface area contributed by atoms with E-state index in [1.54, 1.807) is 11.3 Å². The second-order valence-electron chi connectivity index (χ2n) is 3.06. The second kappa shape index (κ2) is 5.58. The Labute approximate surface area is 100 Å². The van der Waals surface area contributed by atoms with Crippen molar-refractivity contribution < 1.29 is 18.3 Å². The van der Waals surface area contributed by atoms with Gasteiger partial charge in [-0.3, -0.25) is 0 Å². The van der Waals surface area contributed by atoms with E-state index in [0.29, 0.717) is 0 Å². The summed E-state index contributed by atoms with van der Waals surface area (Å²) in [7, 11) is 0. The molecule has 6 heteroatoms. The summed E-state index contributed by atoms with van der Waals surface area (Å²) in [6.07, 6.45) is -4.33. The number of anilines is 1. The molecule has 0 atom stereocenters. The van der Waals surface area contributed by atoms with E-state index >= 15 is 0 Å². The molecule has 0 aliphatic carbocycles. The Morgan fingerprint density at radius 3 is 1.94 bits per heavy atom. The minimum atomic E-state index is -4.33. The number of hydrogen-bond donors (Lipinski definition) is 2. The summed E-state index contributed by atoms with van der Waals surface area (Å²) in [5.74, 6) is -0.169. The lowest BCUT2D eigenvalue weighted by atomic mass is 10.2. The van der Waals surface area contributed by atoms with E-state index in [4.69, 9.17) is 10.8 Å². The molecule has 0 bridgehead atoms. The SMILES string of the molecule is Nc1cccs1.Oc1ccc(C(F)(F)F)cc1. The summed E-state index contributed by atoms with van der Waals surface area (Å²) >= 11 is 1.56. The van der Waals surface area contributed by atoms with Gasteiger partial charge in [-0.05, 0) is 41.8 Å². The van der Waals surface area contributed by atoms with Gasteiger partial charge in [-0.2, -0.15) is 13.2 Å². The van der Waals surface area contributed by atoms with Crippen molar-refractivity contribution >= 4 is 16.3 Å². The first-order valence-corrected chi connectivity index (χ1v) is 5.43. The molecule has 2 rings (SSSR count). The third-order valence-electron chi connectivity index (χ3n) is 1.74. The lowest BCUT2D eigenvalue weighted by molar-refractivity contribution is -0.137. The van der Waals surface area contributed by atoms with Crippen molar-refractivity contribution in [2.45, 2.75) is 6.18 Å². The van der Waals surface area contributed by atoms with Crippen molar-refractivity contribution in [2.75, 3.05) is 5.73 Å². The summed E-state index contributed by atoms with van der Waals surface area (Å²) in [4.78, 5) is 0. The summed E-state index contributed by atoms with van der Waals surface area (Å²) in [5, 5.41) is 11.5. The third-order valence-corrected chi connectivity index (χ3v) is 2.44. The average Bonchev–Trinajstić information content (AvgIpc) is 2.69. The fourth-order valence-electron chi connectivity index (χ4n) is 0.942. The Morgan fingerprint density at radius 1 is 1.06 bits per heavy atom. The molecular weight excluding hydrogens is 251 g/mol. The average molecular weight is 261 g/mol. The largest absolute Gasteiger partial charge is 0.508 e. The number of alkyl halides is 3. The van der Waals surface area contributed by atoms with Gasteiger partial charge >= 0.3 is 6.18 Å². The molecule has 3 N–H and O–H groups in total. The predicted octanol–water partition coefficient (Wildman–Crippen LogP) is 3.74. The zero-order valence-electron chi connectivity index (χ0n) is 8.61. The maximum Gasteiger partial charge on any atom is 0.416 e. The Balaban J connectivity index is 0.000000202. The van der Waals surface area contributed by atoms with Crippen LogP contribution in [-0.4, -0.2) is 5.11 Å². The van der Waals surface area contributed by atoms with Gasteiger partial charge in [-0.25, -0.2) is 0 Å². The number of nitrogens with two attached hydrogens (primary N) is 1. The summed E-state index contributed by atoms with van der Waals surface area (Å²) in [6, 6.07) is 7.47. The number of halogens is 3. The van der Waals surface area contributed by atoms with Gasteiger partial charge in [0.1, 0.15) is 5.75 Å². The number of benzene rings is 1. The molecule has 0 spiro atoms. The molecule has 0 amide bonds. The topological polar surface area (TPSA) is 46.2 Å². The Morgan fingerprint density at radius 2 is 1.65 bits per heavy atom. The van der Waals surface area contributed by atoms with E-state index in [9.17, 15) is 13.2 Å². The first-order chi connectivity index (χ1) is 7.89. The Bertz CT molecular complexity index is 437. The third kappa shape index (κ3) is 4.78. The van der Waals surface area contributed by atoms with Gasteiger partial charge in [0.25, 0.3) is 0 Å². The maximum absolute atomic E-state index is 11.8.